The molecule has 2 N–H and O–H groups in total. The third-order valence-corrected chi connectivity index (χ3v) is 3.74. The predicted octanol–water partition coefficient (Wildman–Crippen LogP) is 2.35. The van der Waals surface area contributed by atoms with E-state index in [4.69, 9.17) is 5.73 Å². The molecule has 0 aliphatic carbocycles. The molecule has 0 saturated carbocycles. The number of para-hydroxylation sites is 1. The molecular formula is C15H18N4. The van der Waals surface area contributed by atoms with Crippen molar-refractivity contribution in [3.8, 4) is 11.3 Å². The number of rotatable bonds is 2. The van der Waals surface area contributed by atoms with Crippen LogP contribution in [0.1, 0.15) is 11.5 Å². The van der Waals surface area contributed by atoms with E-state index >= 15 is 0 Å². The van der Waals surface area contributed by atoms with Crippen LogP contribution in [0.5, 0.6) is 0 Å². The molecule has 0 fully saturated rings. The molecule has 0 radical (unpaired) electrons. The summed E-state index contributed by atoms with van der Waals surface area (Å²) in [6.45, 7) is 2.47. The molecule has 0 atom stereocenters. The molecule has 1 aromatic carbocycles. The lowest BCUT2D eigenvalue weighted by molar-refractivity contribution is 0.864. The van der Waals surface area contributed by atoms with Gasteiger partial charge in [0.15, 0.2) is 0 Å². The van der Waals surface area contributed by atoms with E-state index in [0.717, 1.165) is 17.2 Å². The molecule has 4 heteroatoms. The van der Waals surface area contributed by atoms with E-state index < -0.39 is 0 Å². The summed E-state index contributed by atoms with van der Waals surface area (Å²) >= 11 is 0. The Morgan fingerprint density at radius 2 is 1.95 bits per heavy atom. The highest BCUT2D eigenvalue weighted by Crippen LogP contribution is 2.32. The molecule has 0 saturated heterocycles. The Balaban J connectivity index is 2.37. The monoisotopic (exact) mass is 254 g/mol. The van der Waals surface area contributed by atoms with Crippen molar-refractivity contribution in [1.29, 1.82) is 0 Å². The Labute approximate surface area is 112 Å². The lowest BCUT2D eigenvalue weighted by Crippen LogP contribution is -2.00. The summed E-state index contributed by atoms with van der Waals surface area (Å²) in [5.74, 6) is 0.989. The number of imidazole rings is 1. The van der Waals surface area contributed by atoms with Crippen LogP contribution in [-0.2, 0) is 20.6 Å². The highest BCUT2D eigenvalue weighted by molar-refractivity contribution is 5.95. The van der Waals surface area contributed by atoms with Crippen LogP contribution >= 0.6 is 0 Å². The molecule has 0 aliphatic heterocycles. The number of benzene rings is 1. The first kappa shape index (κ1) is 12.0. The van der Waals surface area contributed by atoms with E-state index in [1.807, 2.05) is 14.0 Å². The molecule has 0 bridgehead atoms. The van der Waals surface area contributed by atoms with Gasteiger partial charge in [-0.1, -0.05) is 18.2 Å². The second-order valence-electron chi connectivity index (χ2n) is 4.89. The van der Waals surface area contributed by atoms with Crippen molar-refractivity contribution in [1.82, 2.24) is 14.1 Å². The summed E-state index contributed by atoms with van der Waals surface area (Å²) in [5.41, 5.74) is 10.3. The van der Waals surface area contributed by atoms with Crippen LogP contribution in [0, 0.1) is 6.92 Å². The second kappa shape index (κ2) is 4.24. The van der Waals surface area contributed by atoms with E-state index in [-0.39, 0.29) is 0 Å². The third-order valence-electron chi connectivity index (χ3n) is 3.74. The summed E-state index contributed by atoms with van der Waals surface area (Å²) in [7, 11) is 4.11. The first-order valence-corrected chi connectivity index (χ1v) is 6.40. The molecule has 3 aromatic rings. The van der Waals surface area contributed by atoms with Crippen LogP contribution in [0.4, 0.5) is 0 Å². The third kappa shape index (κ3) is 1.68. The van der Waals surface area contributed by atoms with Gasteiger partial charge in [-0.15, -0.1) is 0 Å². The maximum absolute atomic E-state index is 5.84. The Kier molecular flexibility index (Phi) is 2.68. The number of nitrogens with zero attached hydrogens (tertiary/aromatic N) is 3. The van der Waals surface area contributed by atoms with E-state index in [9.17, 15) is 0 Å². The van der Waals surface area contributed by atoms with Gasteiger partial charge in [-0.05, 0) is 13.0 Å². The van der Waals surface area contributed by atoms with Crippen LogP contribution in [0.3, 0.4) is 0 Å². The quantitative estimate of drug-likeness (QED) is 0.763. The Morgan fingerprint density at radius 3 is 2.68 bits per heavy atom. The zero-order chi connectivity index (χ0) is 13.6. The van der Waals surface area contributed by atoms with E-state index in [1.165, 1.54) is 16.5 Å². The minimum absolute atomic E-state index is 0.459. The summed E-state index contributed by atoms with van der Waals surface area (Å²) in [6.07, 6.45) is 2.15. The maximum atomic E-state index is 5.84. The minimum atomic E-state index is 0.459. The van der Waals surface area contributed by atoms with E-state index in [0.29, 0.717) is 6.54 Å². The Morgan fingerprint density at radius 1 is 1.21 bits per heavy atom. The molecule has 0 spiro atoms. The second-order valence-corrected chi connectivity index (χ2v) is 4.89. The van der Waals surface area contributed by atoms with Crippen molar-refractivity contribution in [2.24, 2.45) is 19.8 Å². The lowest BCUT2D eigenvalue weighted by Gasteiger charge is -2.04. The topological polar surface area (TPSA) is 48.8 Å². The van der Waals surface area contributed by atoms with Crippen molar-refractivity contribution in [3.63, 3.8) is 0 Å². The first-order chi connectivity index (χ1) is 9.13. The Bertz CT molecular complexity index is 749. The fourth-order valence-corrected chi connectivity index (χ4v) is 2.69. The van der Waals surface area contributed by atoms with Crippen molar-refractivity contribution < 1.29 is 0 Å². The number of hydrogen-bond acceptors (Lipinski definition) is 2. The Hall–Kier alpha value is -2.07. The fraction of sp³-hybridized carbons (Fsp3) is 0.267. The van der Waals surface area contributed by atoms with Gasteiger partial charge < -0.3 is 14.9 Å². The van der Waals surface area contributed by atoms with Gasteiger partial charge in [0, 0.05) is 43.3 Å². The zero-order valence-electron chi connectivity index (χ0n) is 11.5. The van der Waals surface area contributed by atoms with Gasteiger partial charge in [-0.3, -0.25) is 0 Å². The number of aryl methyl sites for hydroxylation is 2. The highest BCUT2D eigenvalue weighted by Gasteiger charge is 2.17. The van der Waals surface area contributed by atoms with Gasteiger partial charge >= 0.3 is 0 Å². The van der Waals surface area contributed by atoms with Gasteiger partial charge in [0.25, 0.3) is 0 Å². The molecule has 0 amide bonds. The smallest absolute Gasteiger partial charge is 0.106 e. The van der Waals surface area contributed by atoms with Crippen molar-refractivity contribution in [2.45, 2.75) is 13.5 Å². The summed E-state index contributed by atoms with van der Waals surface area (Å²) in [4.78, 5) is 4.55. The van der Waals surface area contributed by atoms with Crippen LogP contribution in [0.2, 0.25) is 0 Å². The maximum Gasteiger partial charge on any atom is 0.106 e. The number of fused-ring (bicyclic) bond motifs is 1. The van der Waals surface area contributed by atoms with Gasteiger partial charge in [-0.25, -0.2) is 4.98 Å². The van der Waals surface area contributed by atoms with Gasteiger partial charge in [-0.2, -0.15) is 0 Å². The van der Waals surface area contributed by atoms with Crippen LogP contribution in [-0.4, -0.2) is 14.1 Å². The molecule has 0 unspecified atom stereocenters. The molecule has 98 valence electrons. The lowest BCUT2D eigenvalue weighted by atomic mass is 10.1. The summed E-state index contributed by atoms with van der Waals surface area (Å²) in [5, 5.41) is 1.24. The molecule has 19 heavy (non-hydrogen) atoms. The largest absolute Gasteiger partial charge is 0.350 e. The normalized spacial score (nSPS) is 11.4. The fourth-order valence-electron chi connectivity index (χ4n) is 2.69. The van der Waals surface area contributed by atoms with E-state index in [1.54, 1.807) is 0 Å². The standard InChI is InChI=1S/C15H18N4/c1-10-17-13(8-16)15(19(10)3)12-9-18(2)14-7-5-4-6-11(12)14/h4-7,9H,8,16H2,1-3H3. The SMILES string of the molecule is Cc1nc(CN)c(-c2cn(C)c3ccccc23)n1C. The summed E-state index contributed by atoms with van der Waals surface area (Å²) < 4.78 is 4.26. The minimum Gasteiger partial charge on any atom is -0.350 e. The molecule has 0 aliphatic rings. The highest BCUT2D eigenvalue weighted by atomic mass is 15.1. The van der Waals surface area contributed by atoms with E-state index in [2.05, 4.69) is 51.6 Å². The predicted molar refractivity (Wildman–Crippen MR) is 77.7 cm³/mol. The average molecular weight is 254 g/mol. The van der Waals surface area contributed by atoms with Crippen molar-refractivity contribution in [2.75, 3.05) is 0 Å². The number of aromatic nitrogens is 3. The van der Waals surface area contributed by atoms with Gasteiger partial charge in [0.05, 0.1) is 11.4 Å². The molecule has 2 aromatic heterocycles. The van der Waals surface area contributed by atoms with Crippen LogP contribution in [0.15, 0.2) is 30.5 Å². The zero-order valence-corrected chi connectivity index (χ0v) is 11.5. The molecule has 3 rings (SSSR count). The van der Waals surface area contributed by atoms with Crippen molar-refractivity contribution in [3.05, 3.63) is 42.0 Å². The molecule has 4 nitrogen and oxygen atoms in total. The van der Waals surface area contributed by atoms with Crippen molar-refractivity contribution >= 4 is 10.9 Å². The van der Waals surface area contributed by atoms with Gasteiger partial charge in [0.2, 0.25) is 0 Å². The van der Waals surface area contributed by atoms with Gasteiger partial charge in [0.1, 0.15) is 5.82 Å². The summed E-state index contributed by atoms with van der Waals surface area (Å²) in [6, 6.07) is 8.40. The number of hydrogen-bond donors (Lipinski definition) is 1. The molecular weight excluding hydrogens is 236 g/mol. The van der Waals surface area contributed by atoms with Crippen LogP contribution in [0.25, 0.3) is 22.2 Å². The number of nitrogens with two attached hydrogens (primary N) is 1. The average Bonchev–Trinajstić information content (AvgIpc) is 2.89. The van der Waals surface area contributed by atoms with Crippen LogP contribution < -0.4 is 5.73 Å². The molecule has 2 heterocycles. The first-order valence-electron chi connectivity index (χ1n) is 6.40.